The smallest absolute Gasteiger partial charge is 0.163 e. The number of ketones is 1. The van der Waals surface area contributed by atoms with Gasteiger partial charge in [-0.1, -0.05) is 17.2 Å². The summed E-state index contributed by atoms with van der Waals surface area (Å²) in [6.45, 7) is 8.11. The summed E-state index contributed by atoms with van der Waals surface area (Å²) >= 11 is 0. The van der Waals surface area contributed by atoms with Crippen LogP contribution in [0.5, 0.6) is 0 Å². The number of hydrogen-bond acceptors (Lipinski definition) is 2. The van der Waals surface area contributed by atoms with E-state index in [1.165, 1.54) is 5.56 Å². The maximum atomic E-state index is 12.3. The van der Waals surface area contributed by atoms with Gasteiger partial charge in [0.25, 0.3) is 0 Å². The maximum absolute atomic E-state index is 12.3. The zero-order chi connectivity index (χ0) is 14.9. The van der Waals surface area contributed by atoms with Crippen LogP contribution in [-0.4, -0.2) is 15.6 Å². The summed E-state index contributed by atoms with van der Waals surface area (Å²) in [5, 5.41) is 4.39. The molecule has 1 aromatic carbocycles. The molecule has 0 amide bonds. The molecule has 0 aliphatic rings. The van der Waals surface area contributed by atoms with Gasteiger partial charge >= 0.3 is 0 Å². The number of hydrogen-bond donors (Lipinski definition) is 0. The second-order valence-corrected chi connectivity index (χ2v) is 5.57. The van der Waals surface area contributed by atoms with Crippen molar-refractivity contribution >= 4 is 5.78 Å². The lowest BCUT2D eigenvalue weighted by atomic mass is 9.99. The molecule has 0 unspecified atom stereocenters. The van der Waals surface area contributed by atoms with Gasteiger partial charge in [0.05, 0.1) is 5.69 Å². The van der Waals surface area contributed by atoms with Crippen LogP contribution >= 0.6 is 0 Å². The number of carbonyl (C=O) groups excluding carboxylic acids is 1. The Morgan fingerprint density at radius 1 is 1.10 bits per heavy atom. The summed E-state index contributed by atoms with van der Waals surface area (Å²) in [7, 11) is 1.94. The molecular weight excluding hydrogens is 248 g/mol. The van der Waals surface area contributed by atoms with Gasteiger partial charge in [0.2, 0.25) is 0 Å². The molecule has 0 bridgehead atoms. The standard InChI is InChI=1S/C17H22N2O/c1-11-8-12(2)10-15(9-11)17(20)7-6-16-13(3)18-19(5)14(16)4/h8-10H,6-7H2,1-5H3. The largest absolute Gasteiger partial charge is 0.294 e. The highest BCUT2D eigenvalue weighted by atomic mass is 16.1. The summed E-state index contributed by atoms with van der Waals surface area (Å²) in [6, 6.07) is 6.03. The van der Waals surface area contributed by atoms with Crippen LogP contribution < -0.4 is 0 Å². The highest BCUT2D eigenvalue weighted by Gasteiger charge is 2.12. The van der Waals surface area contributed by atoms with Gasteiger partial charge in [-0.15, -0.1) is 0 Å². The molecule has 0 aliphatic carbocycles. The number of Topliss-reactive ketones (excluding diaryl/α,β-unsaturated/α-hetero) is 1. The van der Waals surface area contributed by atoms with Crippen molar-refractivity contribution < 1.29 is 4.79 Å². The molecule has 0 saturated heterocycles. The monoisotopic (exact) mass is 270 g/mol. The first-order valence-electron chi connectivity index (χ1n) is 6.99. The van der Waals surface area contributed by atoms with Gasteiger partial charge in [-0.25, -0.2) is 0 Å². The Morgan fingerprint density at radius 3 is 2.20 bits per heavy atom. The zero-order valence-corrected chi connectivity index (χ0v) is 12.9. The molecule has 0 atom stereocenters. The number of aromatic nitrogens is 2. The first kappa shape index (κ1) is 14.5. The topological polar surface area (TPSA) is 34.9 Å². The van der Waals surface area contributed by atoms with E-state index >= 15 is 0 Å². The highest BCUT2D eigenvalue weighted by Crippen LogP contribution is 2.17. The summed E-state index contributed by atoms with van der Waals surface area (Å²) in [5.41, 5.74) is 6.48. The van der Waals surface area contributed by atoms with Crippen molar-refractivity contribution in [3.63, 3.8) is 0 Å². The molecule has 3 heteroatoms. The number of aryl methyl sites for hydroxylation is 4. The minimum Gasteiger partial charge on any atom is -0.294 e. The van der Waals surface area contributed by atoms with Gasteiger partial charge in [-0.3, -0.25) is 9.48 Å². The van der Waals surface area contributed by atoms with E-state index in [0.29, 0.717) is 6.42 Å². The molecule has 3 nitrogen and oxygen atoms in total. The Hall–Kier alpha value is -1.90. The average molecular weight is 270 g/mol. The van der Waals surface area contributed by atoms with Crippen molar-refractivity contribution in [2.75, 3.05) is 0 Å². The van der Waals surface area contributed by atoms with Crippen LogP contribution in [0.2, 0.25) is 0 Å². The second kappa shape index (κ2) is 5.61. The molecular formula is C17H22N2O. The third-order valence-electron chi connectivity index (χ3n) is 3.80. The van der Waals surface area contributed by atoms with Crippen LogP contribution in [-0.2, 0) is 13.5 Å². The highest BCUT2D eigenvalue weighted by molar-refractivity contribution is 5.96. The Labute approximate surface area is 120 Å². The van der Waals surface area contributed by atoms with Gasteiger partial charge in [0.15, 0.2) is 5.78 Å². The van der Waals surface area contributed by atoms with E-state index in [1.54, 1.807) is 0 Å². The fourth-order valence-electron chi connectivity index (χ4n) is 2.70. The predicted octanol–water partition coefficient (Wildman–Crippen LogP) is 3.47. The predicted molar refractivity (Wildman–Crippen MR) is 81.2 cm³/mol. The zero-order valence-electron chi connectivity index (χ0n) is 12.9. The lowest BCUT2D eigenvalue weighted by molar-refractivity contribution is 0.0982. The molecule has 1 aromatic heterocycles. The average Bonchev–Trinajstić information content (AvgIpc) is 2.60. The maximum Gasteiger partial charge on any atom is 0.163 e. The summed E-state index contributed by atoms with van der Waals surface area (Å²) < 4.78 is 1.88. The van der Waals surface area contributed by atoms with Gasteiger partial charge in [-0.2, -0.15) is 5.10 Å². The quantitative estimate of drug-likeness (QED) is 0.797. The van der Waals surface area contributed by atoms with Crippen molar-refractivity contribution in [3.8, 4) is 0 Å². The number of benzene rings is 1. The molecule has 106 valence electrons. The van der Waals surface area contributed by atoms with E-state index < -0.39 is 0 Å². The summed E-state index contributed by atoms with van der Waals surface area (Å²) in [5.74, 6) is 0.208. The Kier molecular flexibility index (Phi) is 4.07. The van der Waals surface area contributed by atoms with E-state index in [9.17, 15) is 4.79 Å². The molecule has 2 aromatic rings. The van der Waals surface area contributed by atoms with E-state index in [0.717, 1.165) is 34.5 Å². The molecule has 20 heavy (non-hydrogen) atoms. The van der Waals surface area contributed by atoms with Crippen molar-refractivity contribution in [2.45, 2.75) is 40.5 Å². The molecule has 0 radical (unpaired) electrons. The molecule has 0 N–H and O–H groups in total. The Morgan fingerprint density at radius 2 is 1.70 bits per heavy atom. The Bertz CT molecular complexity index is 633. The number of rotatable bonds is 4. The van der Waals surface area contributed by atoms with Crippen LogP contribution in [0.1, 0.15) is 44.9 Å². The fraction of sp³-hybridized carbons (Fsp3) is 0.412. The number of carbonyl (C=O) groups is 1. The minimum atomic E-state index is 0.208. The van der Waals surface area contributed by atoms with E-state index in [4.69, 9.17) is 0 Å². The van der Waals surface area contributed by atoms with Gasteiger partial charge < -0.3 is 0 Å². The van der Waals surface area contributed by atoms with Gasteiger partial charge in [-0.05, 0) is 51.8 Å². The molecule has 0 aliphatic heterocycles. The SMILES string of the molecule is Cc1cc(C)cc(C(=O)CCc2c(C)nn(C)c2C)c1. The van der Waals surface area contributed by atoms with Crippen LogP contribution in [0.4, 0.5) is 0 Å². The normalized spacial score (nSPS) is 10.8. The third kappa shape index (κ3) is 2.98. The Balaban J connectivity index is 2.12. The van der Waals surface area contributed by atoms with Crippen molar-refractivity contribution in [2.24, 2.45) is 7.05 Å². The molecule has 0 fully saturated rings. The van der Waals surface area contributed by atoms with Crippen LogP contribution in [0, 0.1) is 27.7 Å². The molecule has 0 spiro atoms. The lowest BCUT2D eigenvalue weighted by Crippen LogP contribution is -2.03. The molecule has 2 rings (SSSR count). The number of nitrogens with zero attached hydrogens (tertiary/aromatic N) is 2. The second-order valence-electron chi connectivity index (χ2n) is 5.57. The van der Waals surface area contributed by atoms with Crippen LogP contribution in [0.15, 0.2) is 18.2 Å². The fourth-order valence-corrected chi connectivity index (χ4v) is 2.70. The van der Waals surface area contributed by atoms with Gasteiger partial charge in [0, 0.05) is 24.7 Å². The van der Waals surface area contributed by atoms with Crippen LogP contribution in [0.3, 0.4) is 0 Å². The lowest BCUT2D eigenvalue weighted by Gasteiger charge is -2.05. The molecule has 0 saturated carbocycles. The van der Waals surface area contributed by atoms with E-state index in [1.807, 2.05) is 44.6 Å². The van der Waals surface area contributed by atoms with Crippen molar-refractivity contribution in [1.29, 1.82) is 0 Å². The van der Waals surface area contributed by atoms with Crippen molar-refractivity contribution in [3.05, 3.63) is 51.8 Å². The summed E-state index contributed by atoms with van der Waals surface area (Å²) in [4.78, 5) is 12.3. The first-order valence-corrected chi connectivity index (χ1v) is 6.99. The van der Waals surface area contributed by atoms with E-state index in [-0.39, 0.29) is 5.78 Å². The molecule has 1 heterocycles. The van der Waals surface area contributed by atoms with Crippen LogP contribution in [0.25, 0.3) is 0 Å². The van der Waals surface area contributed by atoms with E-state index in [2.05, 4.69) is 18.1 Å². The minimum absolute atomic E-state index is 0.208. The van der Waals surface area contributed by atoms with Gasteiger partial charge in [0.1, 0.15) is 0 Å². The first-order chi connectivity index (χ1) is 9.38. The van der Waals surface area contributed by atoms with Crippen molar-refractivity contribution in [1.82, 2.24) is 9.78 Å². The summed E-state index contributed by atoms with van der Waals surface area (Å²) in [6.07, 6.45) is 1.30. The third-order valence-corrected chi connectivity index (χ3v) is 3.80.